The molecule has 0 amide bonds. The lowest BCUT2D eigenvalue weighted by molar-refractivity contribution is 0.354. The van der Waals surface area contributed by atoms with Crippen molar-refractivity contribution in [2.45, 2.75) is 13.8 Å². The van der Waals surface area contributed by atoms with Crippen molar-refractivity contribution in [2.75, 3.05) is 19.6 Å². The molecule has 6 heteroatoms. The summed E-state index contributed by atoms with van der Waals surface area (Å²) in [5.74, 6) is 1.75. The van der Waals surface area contributed by atoms with Crippen molar-refractivity contribution in [3.63, 3.8) is 0 Å². The topological polar surface area (TPSA) is 68.6 Å². The smallest absolute Gasteiger partial charge is 0.243 e. The fourth-order valence-corrected chi connectivity index (χ4v) is 1.95. The summed E-state index contributed by atoms with van der Waals surface area (Å²) in [5.41, 5.74) is 5.39. The molecule has 0 bridgehead atoms. The van der Waals surface area contributed by atoms with E-state index >= 15 is 0 Å². The van der Waals surface area contributed by atoms with Gasteiger partial charge in [-0.3, -0.25) is 0 Å². The Morgan fingerprint density at radius 2 is 1.81 bits per heavy atom. The lowest BCUT2D eigenvalue weighted by atomic mass is 10.2. The number of rotatable bonds is 5. The van der Waals surface area contributed by atoms with Gasteiger partial charge in [-0.2, -0.15) is 5.10 Å². The van der Waals surface area contributed by atoms with Gasteiger partial charge in [0.25, 0.3) is 0 Å². The molecule has 0 saturated heterocycles. The van der Waals surface area contributed by atoms with Gasteiger partial charge in [-0.1, -0.05) is 6.07 Å². The number of nitrogens with zero attached hydrogens (tertiary/aromatic N) is 3. The van der Waals surface area contributed by atoms with Crippen molar-refractivity contribution in [1.82, 2.24) is 9.97 Å². The van der Waals surface area contributed by atoms with Gasteiger partial charge in [0.2, 0.25) is 5.95 Å². The highest BCUT2D eigenvalue weighted by Crippen LogP contribution is 2.29. The Kier molecular flexibility index (Phi) is 4.71. The van der Waals surface area contributed by atoms with Gasteiger partial charge in [-0.05, 0) is 32.0 Å². The summed E-state index contributed by atoms with van der Waals surface area (Å²) in [6.07, 6.45) is 1.64. The molecule has 0 unspecified atom stereocenters. The average Bonchev–Trinajstić information content (AvgIpc) is 2.45. The van der Waals surface area contributed by atoms with Crippen LogP contribution in [-0.2, 0) is 0 Å². The van der Waals surface area contributed by atoms with E-state index < -0.39 is 0 Å². The quantitative estimate of drug-likeness (QED) is 0.675. The second kappa shape index (κ2) is 6.69. The summed E-state index contributed by atoms with van der Waals surface area (Å²) >= 11 is 0. The number of hydrogen-bond acceptors (Lipinski definition) is 6. The molecular formula is C15H18N4O2. The van der Waals surface area contributed by atoms with E-state index in [1.165, 1.54) is 0 Å². The summed E-state index contributed by atoms with van der Waals surface area (Å²) in [4.78, 5) is 8.50. The SMILES string of the molecule is COc1cccc(/C=N/Nc2nc(C)cc(C)n2)c1OC. The number of para-hydroxylation sites is 1. The van der Waals surface area contributed by atoms with Gasteiger partial charge in [-0.25, -0.2) is 15.4 Å². The highest BCUT2D eigenvalue weighted by atomic mass is 16.5. The molecule has 2 aromatic rings. The number of nitrogens with one attached hydrogen (secondary N) is 1. The largest absolute Gasteiger partial charge is 0.493 e. The van der Waals surface area contributed by atoms with Crippen LogP contribution in [0.3, 0.4) is 0 Å². The number of benzene rings is 1. The summed E-state index contributed by atoms with van der Waals surface area (Å²) in [7, 11) is 3.19. The number of aromatic nitrogens is 2. The van der Waals surface area contributed by atoms with E-state index in [-0.39, 0.29) is 0 Å². The van der Waals surface area contributed by atoms with Crippen LogP contribution in [0.15, 0.2) is 29.4 Å². The number of hydrogen-bond donors (Lipinski definition) is 1. The highest BCUT2D eigenvalue weighted by Gasteiger charge is 2.07. The summed E-state index contributed by atoms with van der Waals surface area (Å²) in [5, 5.41) is 4.14. The Morgan fingerprint density at radius 1 is 1.10 bits per heavy atom. The third-order valence-electron chi connectivity index (χ3n) is 2.78. The molecule has 0 aliphatic heterocycles. The normalized spacial score (nSPS) is 10.7. The van der Waals surface area contributed by atoms with Crippen molar-refractivity contribution < 1.29 is 9.47 Å². The van der Waals surface area contributed by atoms with Gasteiger partial charge in [-0.15, -0.1) is 0 Å². The van der Waals surface area contributed by atoms with Gasteiger partial charge in [0.05, 0.1) is 20.4 Å². The lowest BCUT2D eigenvalue weighted by Crippen LogP contribution is -2.00. The molecule has 110 valence electrons. The molecule has 0 spiro atoms. The maximum absolute atomic E-state index is 5.33. The molecule has 0 aliphatic carbocycles. The van der Waals surface area contributed by atoms with Crippen LogP contribution in [0.1, 0.15) is 17.0 Å². The Morgan fingerprint density at radius 3 is 2.43 bits per heavy atom. The van der Waals surface area contributed by atoms with Crippen LogP contribution in [-0.4, -0.2) is 30.4 Å². The molecule has 21 heavy (non-hydrogen) atoms. The molecule has 0 aliphatic rings. The maximum Gasteiger partial charge on any atom is 0.243 e. The third-order valence-corrected chi connectivity index (χ3v) is 2.78. The molecule has 1 aromatic heterocycles. The predicted octanol–water partition coefficient (Wildman–Crippen LogP) is 2.56. The van der Waals surface area contributed by atoms with Crippen molar-refractivity contribution in [2.24, 2.45) is 5.10 Å². The number of methoxy groups -OCH3 is 2. The van der Waals surface area contributed by atoms with Crippen LogP contribution in [0.25, 0.3) is 0 Å². The van der Waals surface area contributed by atoms with Crippen LogP contribution in [0.4, 0.5) is 5.95 Å². The van der Waals surface area contributed by atoms with Crippen molar-refractivity contribution >= 4 is 12.2 Å². The van der Waals surface area contributed by atoms with Crippen LogP contribution in [0, 0.1) is 13.8 Å². The van der Waals surface area contributed by atoms with Gasteiger partial charge in [0.15, 0.2) is 11.5 Å². The summed E-state index contributed by atoms with van der Waals surface area (Å²) in [6.45, 7) is 3.82. The van der Waals surface area contributed by atoms with Gasteiger partial charge in [0, 0.05) is 17.0 Å². The second-order valence-corrected chi connectivity index (χ2v) is 4.43. The molecule has 2 rings (SSSR count). The minimum absolute atomic E-state index is 0.464. The second-order valence-electron chi connectivity index (χ2n) is 4.43. The average molecular weight is 286 g/mol. The van der Waals surface area contributed by atoms with Crippen molar-refractivity contribution in [3.05, 3.63) is 41.2 Å². The lowest BCUT2D eigenvalue weighted by Gasteiger charge is -2.09. The first-order valence-corrected chi connectivity index (χ1v) is 6.46. The number of ether oxygens (including phenoxy) is 2. The zero-order valence-electron chi connectivity index (χ0n) is 12.5. The van der Waals surface area contributed by atoms with Crippen LogP contribution >= 0.6 is 0 Å². The number of hydrazone groups is 1. The zero-order chi connectivity index (χ0) is 15.2. The summed E-state index contributed by atoms with van der Waals surface area (Å²) in [6, 6.07) is 7.49. The predicted molar refractivity (Wildman–Crippen MR) is 82.3 cm³/mol. The van der Waals surface area contributed by atoms with E-state index in [0.29, 0.717) is 17.4 Å². The maximum atomic E-state index is 5.33. The molecular weight excluding hydrogens is 268 g/mol. The van der Waals surface area contributed by atoms with E-state index in [1.54, 1.807) is 20.4 Å². The monoisotopic (exact) mass is 286 g/mol. The van der Waals surface area contributed by atoms with Gasteiger partial charge in [0.1, 0.15) is 0 Å². The molecule has 6 nitrogen and oxygen atoms in total. The van der Waals surface area contributed by atoms with E-state index in [0.717, 1.165) is 17.0 Å². The molecule has 1 aromatic carbocycles. The van der Waals surface area contributed by atoms with Crippen molar-refractivity contribution in [1.29, 1.82) is 0 Å². The van der Waals surface area contributed by atoms with Crippen LogP contribution < -0.4 is 14.9 Å². The van der Waals surface area contributed by atoms with E-state index in [9.17, 15) is 0 Å². The molecule has 1 heterocycles. The molecule has 0 saturated carbocycles. The molecule has 0 atom stereocenters. The van der Waals surface area contributed by atoms with E-state index in [4.69, 9.17) is 9.47 Å². The van der Waals surface area contributed by atoms with Crippen LogP contribution in [0.2, 0.25) is 0 Å². The number of anilines is 1. The first-order valence-electron chi connectivity index (χ1n) is 6.46. The first-order chi connectivity index (χ1) is 10.1. The fourth-order valence-electron chi connectivity index (χ4n) is 1.95. The Bertz CT molecular complexity index is 636. The van der Waals surface area contributed by atoms with Gasteiger partial charge >= 0.3 is 0 Å². The Balaban J connectivity index is 2.18. The number of aryl methyl sites for hydroxylation is 2. The van der Waals surface area contributed by atoms with Crippen LogP contribution in [0.5, 0.6) is 11.5 Å². The van der Waals surface area contributed by atoms with Crippen molar-refractivity contribution in [3.8, 4) is 11.5 Å². The minimum Gasteiger partial charge on any atom is -0.493 e. The van der Waals surface area contributed by atoms with E-state index in [1.807, 2.05) is 38.1 Å². The zero-order valence-corrected chi connectivity index (χ0v) is 12.5. The minimum atomic E-state index is 0.464. The molecule has 1 N–H and O–H groups in total. The Labute approximate surface area is 123 Å². The van der Waals surface area contributed by atoms with Gasteiger partial charge < -0.3 is 9.47 Å². The highest BCUT2D eigenvalue weighted by molar-refractivity contribution is 5.85. The first kappa shape index (κ1) is 14.8. The van der Waals surface area contributed by atoms with E-state index in [2.05, 4.69) is 20.5 Å². The summed E-state index contributed by atoms with van der Waals surface area (Å²) < 4.78 is 10.6. The molecule has 0 fully saturated rings. The standard InChI is InChI=1S/C15H18N4O2/c1-10-8-11(2)18-15(17-10)19-16-9-12-6-5-7-13(20-3)14(12)21-4/h5-9H,1-4H3,(H,17,18,19)/b16-9+. The molecule has 0 radical (unpaired) electrons. The Hall–Kier alpha value is -2.63. The fraction of sp³-hybridized carbons (Fsp3) is 0.267. The third kappa shape index (κ3) is 3.68.